The lowest BCUT2D eigenvalue weighted by atomic mass is 10.1. The minimum atomic E-state index is -0.128. The van der Waals surface area contributed by atoms with Gasteiger partial charge in [0.2, 0.25) is 0 Å². The van der Waals surface area contributed by atoms with Gasteiger partial charge in [-0.3, -0.25) is 14.8 Å². The molecule has 1 aromatic heterocycles. The third kappa shape index (κ3) is 2.41. The van der Waals surface area contributed by atoms with Gasteiger partial charge in [-0.05, 0) is 25.5 Å². The smallest absolute Gasteiger partial charge is 0.0682 e. The molecule has 0 aromatic carbocycles. The quantitative estimate of drug-likeness (QED) is 0.836. The van der Waals surface area contributed by atoms with Gasteiger partial charge in [0, 0.05) is 44.5 Å². The Labute approximate surface area is 108 Å². The molecule has 3 rings (SSSR count). The van der Waals surface area contributed by atoms with E-state index in [1.165, 1.54) is 0 Å². The van der Waals surface area contributed by atoms with Crippen molar-refractivity contribution in [1.82, 2.24) is 14.8 Å². The normalized spacial score (nSPS) is 33.6. The second kappa shape index (κ2) is 4.96. The fourth-order valence-corrected chi connectivity index (χ4v) is 3.20. The Hall–Kier alpha value is -0.970. The van der Waals surface area contributed by atoms with E-state index in [-0.39, 0.29) is 6.10 Å². The molecule has 3 heterocycles. The summed E-state index contributed by atoms with van der Waals surface area (Å²) in [6, 6.07) is 7.15. The van der Waals surface area contributed by atoms with Crippen LogP contribution in [0, 0.1) is 0 Å². The largest absolute Gasteiger partial charge is 0.392 e. The maximum atomic E-state index is 9.75. The van der Waals surface area contributed by atoms with Gasteiger partial charge in [0.1, 0.15) is 0 Å². The van der Waals surface area contributed by atoms with Crippen LogP contribution in [-0.2, 0) is 6.54 Å². The monoisotopic (exact) mass is 247 g/mol. The fraction of sp³-hybridized carbons (Fsp3) is 0.643. The molecular weight excluding hydrogens is 226 g/mol. The molecule has 1 N–H and O–H groups in total. The van der Waals surface area contributed by atoms with E-state index in [9.17, 15) is 5.11 Å². The predicted octanol–water partition coefficient (Wildman–Crippen LogP) is 0.721. The SMILES string of the molecule is C[C@@H]1CN2C[C@H](O)CC2CN1Cc1ccccn1. The van der Waals surface area contributed by atoms with Crippen LogP contribution in [0.3, 0.4) is 0 Å². The Kier molecular flexibility index (Phi) is 3.33. The summed E-state index contributed by atoms with van der Waals surface area (Å²) in [7, 11) is 0. The second-order valence-electron chi connectivity index (χ2n) is 5.60. The summed E-state index contributed by atoms with van der Waals surface area (Å²) in [4.78, 5) is 9.33. The molecule has 0 aliphatic carbocycles. The predicted molar refractivity (Wildman–Crippen MR) is 70.1 cm³/mol. The third-order valence-corrected chi connectivity index (χ3v) is 4.16. The second-order valence-corrected chi connectivity index (χ2v) is 5.60. The van der Waals surface area contributed by atoms with Crippen LogP contribution in [0.2, 0.25) is 0 Å². The van der Waals surface area contributed by atoms with E-state index < -0.39 is 0 Å². The zero-order valence-corrected chi connectivity index (χ0v) is 10.9. The summed E-state index contributed by atoms with van der Waals surface area (Å²) >= 11 is 0. The molecule has 0 saturated carbocycles. The van der Waals surface area contributed by atoms with Crippen molar-refractivity contribution in [3.63, 3.8) is 0 Å². The Morgan fingerprint density at radius 3 is 3.00 bits per heavy atom. The molecule has 98 valence electrons. The Balaban J connectivity index is 1.66. The number of fused-ring (bicyclic) bond motifs is 1. The lowest BCUT2D eigenvalue weighted by Gasteiger charge is -2.42. The zero-order chi connectivity index (χ0) is 12.5. The maximum Gasteiger partial charge on any atom is 0.0682 e. The Bertz CT molecular complexity index is 397. The van der Waals surface area contributed by atoms with Crippen molar-refractivity contribution >= 4 is 0 Å². The lowest BCUT2D eigenvalue weighted by Crippen LogP contribution is -2.54. The average Bonchev–Trinajstić information content (AvgIpc) is 2.70. The summed E-state index contributed by atoms with van der Waals surface area (Å²) < 4.78 is 0. The summed E-state index contributed by atoms with van der Waals surface area (Å²) in [6.07, 6.45) is 2.65. The van der Waals surface area contributed by atoms with E-state index >= 15 is 0 Å². The van der Waals surface area contributed by atoms with Crippen LogP contribution < -0.4 is 0 Å². The van der Waals surface area contributed by atoms with Gasteiger partial charge < -0.3 is 5.11 Å². The molecule has 0 radical (unpaired) electrons. The van der Waals surface area contributed by atoms with Gasteiger partial charge in [0.25, 0.3) is 0 Å². The molecule has 1 unspecified atom stereocenters. The number of aliphatic hydroxyl groups is 1. The Morgan fingerprint density at radius 1 is 1.33 bits per heavy atom. The highest BCUT2D eigenvalue weighted by Crippen LogP contribution is 2.25. The lowest BCUT2D eigenvalue weighted by molar-refractivity contribution is 0.0520. The molecule has 2 saturated heterocycles. The van der Waals surface area contributed by atoms with Gasteiger partial charge in [-0.2, -0.15) is 0 Å². The number of piperazine rings is 1. The molecule has 3 atom stereocenters. The van der Waals surface area contributed by atoms with Gasteiger partial charge in [0.15, 0.2) is 0 Å². The summed E-state index contributed by atoms with van der Waals surface area (Å²) in [5.41, 5.74) is 1.14. The van der Waals surface area contributed by atoms with Crippen LogP contribution in [0.25, 0.3) is 0 Å². The highest BCUT2D eigenvalue weighted by Gasteiger charge is 2.37. The number of pyridine rings is 1. The van der Waals surface area contributed by atoms with Crippen LogP contribution in [0.5, 0.6) is 0 Å². The average molecular weight is 247 g/mol. The standard InChI is InChI=1S/C14H21N3O/c1-11-7-17-10-14(18)6-13(17)9-16(11)8-12-4-2-3-5-15-12/h2-5,11,13-14,18H,6-10H2,1H3/t11-,13?,14-/m1/s1. The van der Waals surface area contributed by atoms with Crippen molar-refractivity contribution in [2.75, 3.05) is 19.6 Å². The molecule has 4 heteroatoms. The highest BCUT2D eigenvalue weighted by molar-refractivity contribution is 5.05. The maximum absolute atomic E-state index is 9.75. The molecule has 2 aliphatic rings. The third-order valence-electron chi connectivity index (χ3n) is 4.16. The molecular formula is C14H21N3O. The van der Waals surface area contributed by atoms with E-state index in [0.717, 1.165) is 38.3 Å². The molecule has 2 aliphatic heterocycles. The minimum absolute atomic E-state index is 0.128. The van der Waals surface area contributed by atoms with Crippen molar-refractivity contribution in [2.45, 2.75) is 38.1 Å². The molecule has 0 amide bonds. The first-order chi connectivity index (χ1) is 8.72. The molecule has 2 fully saturated rings. The number of aromatic nitrogens is 1. The van der Waals surface area contributed by atoms with E-state index in [1.807, 2.05) is 18.3 Å². The summed E-state index contributed by atoms with van der Waals surface area (Å²) in [6.45, 7) is 6.15. The van der Waals surface area contributed by atoms with Crippen molar-refractivity contribution < 1.29 is 5.11 Å². The molecule has 1 aromatic rings. The molecule has 0 spiro atoms. The summed E-state index contributed by atoms with van der Waals surface area (Å²) in [5, 5.41) is 9.75. The first-order valence-corrected chi connectivity index (χ1v) is 6.78. The van der Waals surface area contributed by atoms with E-state index in [1.54, 1.807) is 0 Å². The van der Waals surface area contributed by atoms with Crippen molar-refractivity contribution in [3.05, 3.63) is 30.1 Å². The first kappa shape index (κ1) is 12.1. The van der Waals surface area contributed by atoms with Crippen molar-refractivity contribution in [1.29, 1.82) is 0 Å². The van der Waals surface area contributed by atoms with Gasteiger partial charge in [-0.1, -0.05) is 6.07 Å². The molecule has 0 bridgehead atoms. The van der Waals surface area contributed by atoms with E-state index in [4.69, 9.17) is 0 Å². The fourth-order valence-electron chi connectivity index (χ4n) is 3.20. The topological polar surface area (TPSA) is 39.6 Å². The zero-order valence-electron chi connectivity index (χ0n) is 10.9. The van der Waals surface area contributed by atoms with Crippen LogP contribution in [-0.4, -0.2) is 57.7 Å². The van der Waals surface area contributed by atoms with Crippen LogP contribution in [0.4, 0.5) is 0 Å². The summed E-state index contributed by atoms with van der Waals surface area (Å²) in [5.74, 6) is 0. The minimum Gasteiger partial charge on any atom is -0.392 e. The van der Waals surface area contributed by atoms with E-state index in [2.05, 4.69) is 27.8 Å². The highest BCUT2D eigenvalue weighted by atomic mass is 16.3. The first-order valence-electron chi connectivity index (χ1n) is 6.78. The number of rotatable bonds is 2. The molecule has 18 heavy (non-hydrogen) atoms. The number of hydrogen-bond acceptors (Lipinski definition) is 4. The van der Waals surface area contributed by atoms with Crippen LogP contribution in [0.15, 0.2) is 24.4 Å². The van der Waals surface area contributed by atoms with Crippen LogP contribution >= 0.6 is 0 Å². The van der Waals surface area contributed by atoms with Crippen molar-refractivity contribution in [2.24, 2.45) is 0 Å². The van der Waals surface area contributed by atoms with Gasteiger partial charge >= 0.3 is 0 Å². The Morgan fingerprint density at radius 2 is 2.22 bits per heavy atom. The number of nitrogens with zero attached hydrogens (tertiary/aromatic N) is 3. The number of hydrogen-bond donors (Lipinski definition) is 1. The van der Waals surface area contributed by atoms with Gasteiger partial charge in [-0.15, -0.1) is 0 Å². The van der Waals surface area contributed by atoms with Crippen molar-refractivity contribution in [3.8, 4) is 0 Å². The van der Waals surface area contributed by atoms with Gasteiger partial charge in [0.05, 0.1) is 11.8 Å². The van der Waals surface area contributed by atoms with E-state index in [0.29, 0.717) is 12.1 Å². The number of aliphatic hydroxyl groups excluding tert-OH is 1. The van der Waals surface area contributed by atoms with Crippen LogP contribution in [0.1, 0.15) is 19.0 Å². The molecule has 4 nitrogen and oxygen atoms in total. The van der Waals surface area contributed by atoms with Gasteiger partial charge in [-0.25, -0.2) is 0 Å².